The molecule has 0 aliphatic carbocycles. The van der Waals surface area contributed by atoms with Gasteiger partial charge in [0.2, 0.25) is 0 Å². The van der Waals surface area contributed by atoms with E-state index in [4.69, 9.17) is 4.74 Å². The van der Waals surface area contributed by atoms with Crippen LogP contribution >= 0.6 is 31.9 Å². The molecule has 1 heterocycles. The summed E-state index contributed by atoms with van der Waals surface area (Å²) in [6, 6.07) is 2.51. The quantitative estimate of drug-likeness (QED) is 0.650. The standard InChI is InChI=1S/C14H14Br2F2N2O/c1-3-20-12(13(16)8(2)19-20)7-21-14-10(17)4-9(6-15)5-11(14)18/h4-5H,3,6-7H2,1-2H3. The molecule has 2 rings (SSSR count). The van der Waals surface area contributed by atoms with Gasteiger partial charge in [0.15, 0.2) is 17.4 Å². The number of rotatable bonds is 5. The molecule has 114 valence electrons. The Morgan fingerprint density at radius 3 is 2.43 bits per heavy atom. The second-order valence-corrected chi connectivity index (χ2v) is 5.83. The summed E-state index contributed by atoms with van der Waals surface area (Å²) in [5.41, 5.74) is 2.08. The topological polar surface area (TPSA) is 27.1 Å². The molecule has 0 aliphatic rings. The maximum atomic E-state index is 13.9. The highest BCUT2D eigenvalue weighted by molar-refractivity contribution is 9.10. The molecule has 0 atom stereocenters. The minimum atomic E-state index is -0.708. The van der Waals surface area contributed by atoms with E-state index < -0.39 is 11.6 Å². The number of hydrogen-bond donors (Lipinski definition) is 0. The number of benzene rings is 1. The molecule has 0 unspecified atom stereocenters. The molecule has 0 N–H and O–H groups in total. The van der Waals surface area contributed by atoms with Crippen LogP contribution in [0.5, 0.6) is 5.75 Å². The first-order chi connectivity index (χ1) is 9.97. The largest absolute Gasteiger partial charge is 0.481 e. The van der Waals surface area contributed by atoms with E-state index >= 15 is 0 Å². The van der Waals surface area contributed by atoms with Gasteiger partial charge in [-0.25, -0.2) is 8.78 Å². The van der Waals surface area contributed by atoms with Crippen LogP contribution in [-0.2, 0) is 18.5 Å². The van der Waals surface area contributed by atoms with Crippen LogP contribution in [0.25, 0.3) is 0 Å². The highest BCUT2D eigenvalue weighted by Gasteiger charge is 2.16. The zero-order chi connectivity index (χ0) is 15.6. The number of aromatic nitrogens is 2. The van der Waals surface area contributed by atoms with E-state index in [0.717, 1.165) is 15.9 Å². The summed E-state index contributed by atoms with van der Waals surface area (Å²) in [5, 5.41) is 4.69. The van der Waals surface area contributed by atoms with Crippen molar-refractivity contribution in [1.82, 2.24) is 9.78 Å². The van der Waals surface area contributed by atoms with Crippen LogP contribution in [0.3, 0.4) is 0 Å². The molecule has 7 heteroatoms. The molecular formula is C14H14Br2F2N2O. The van der Waals surface area contributed by atoms with Crippen LogP contribution < -0.4 is 4.74 Å². The second kappa shape index (κ2) is 6.87. The Kier molecular flexibility index (Phi) is 5.37. The maximum Gasteiger partial charge on any atom is 0.191 e. The summed E-state index contributed by atoms with van der Waals surface area (Å²) in [7, 11) is 0. The number of alkyl halides is 1. The van der Waals surface area contributed by atoms with Crippen LogP contribution in [0, 0.1) is 18.6 Å². The number of nitrogens with zero attached hydrogens (tertiary/aromatic N) is 2. The van der Waals surface area contributed by atoms with Crippen LogP contribution in [0.4, 0.5) is 8.78 Å². The zero-order valence-electron chi connectivity index (χ0n) is 11.6. The molecule has 0 bridgehead atoms. The third kappa shape index (κ3) is 3.45. The van der Waals surface area contributed by atoms with Crippen molar-refractivity contribution in [2.45, 2.75) is 32.3 Å². The fraction of sp³-hybridized carbons (Fsp3) is 0.357. The number of aryl methyl sites for hydroxylation is 2. The first-order valence-corrected chi connectivity index (χ1v) is 8.27. The fourth-order valence-electron chi connectivity index (χ4n) is 1.97. The van der Waals surface area contributed by atoms with Crippen LogP contribution in [0.2, 0.25) is 0 Å². The Labute approximate surface area is 138 Å². The first kappa shape index (κ1) is 16.4. The average Bonchev–Trinajstić information content (AvgIpc) is 2.73. The van der Waals surface area contributed by atoms with Gasteiger partial charge in [-0.2, -0.15) is 5.10 Å². The lowest BCUT2D eigenvalue weighted by atomic mass is 10.2. The number of hydrogen-bond acceptors (Lipinski definition) is 2. The Morgan fingerprint density at radius 1 is 1.29 bits per heavy atom. The van der Waals surface area contributed by atoms with Gasteiger partial charge >= 0.3 is 0 Å². The third-order valence-electron chi connectivity index (χ3n) is 3.02. The summed E-state index contributed by atoms with van der Waals surface area (Å²) in [4.78, 5) is 0. The minimum Gasteiger partial charge on any atom is -0.481 e. The van der Waals surface area contributed by atoms with E-state index in [1.165, 1.54) is 12.1 Å². The van der Waals surface area contributed by atoms with E-state index in [-0.39, 0.29) is 12.4 Å². The van der Waals surface area contributed by atoms with Gasteiger partial charge in [0.1, 0.15) is 6.61 Å². The van der Waals surface area contributed by atoms with E-state index in [0.29, 0.717) is 17.4 Å². The van der Waals surface area contributed by atoms with Gasteiger partial charge in [0.25, 0.3) is 0 Å². The zero-order valence-corrected chi connectivity index (χ0v) is 14.8. The first-order valence-electron chi connectivity index (χ1n) is 6.36. The summed E-state index contributed by atoms with van der Waals surface area (Å²) in [6.45, 7) is 4.48. The van der Waals surface area contributed by atoms with E-state index in [9.17, 15) is 8.78 Å². The molecule has 1 aromatic heterocycles. The SMILES string of the molecule is CCn1nc(C)c(Br)c1COc1c(F)cc(CBr)cc1F. The Bertz CT molecular complexity index is 636. The highest BCUT2D eigenvalue weighted by Crippen LogP contribution is 2.27. The van der Waals surface area contributed by atoms with Gasteiger partial charge in [0, 0.05) is 11.9 Å². The predicted molar refractivity (Wildman–Crippen MR) is 83.7 cm³/mol. The summed E-state index contributed by atoms with van der Waals surface area (Å²) in [5.74, 6) is -1.78. The van der Waals surface area contributed by atoms with Crippen LogP contribution in [-0.4, -0.2) is 9.78 Å². The number of ether oxygens (including phenoxy) is 1. The summed E-state index contributed by atoms with van der Waals surface area (Å²) in [6.07, 6.45) is 0. The Morgan fingerprint density at radius 2 is 1.90 bits per heavy atom. The maximum absolute atomic E-state index is 13.9. The molecule has 0 aliphatic heterocycles. The van der Waals surface area contributed by atoms with Crippen molar-refractivity contribution in [2.24, 2.45) is 0 Å². The van der Waals surface area contributed by atoms with Crippen molar-refractivity contribution in [1.29, 1.82) is 0 Å². The summed E-state index contributed by atoms with van der Waals surface area (Å²) >= 11 is 6.58. The van der Waals surface area contributed by atoms with Crippen molar-refractivity contribution in [3.63, 3.8) is 0 Å². The highest BCUT2D eigenvalue weighted by atomic mass is 79.9. The molecule has 1 aromatic carbocycles. The Hall–Kier alpha value is -0.950. The van der Waals surface area contributed by atoms with Gasteiger partial charge in [-0.1, -0.05) is 15.9 Å². The van der Waals surface area contributed by atoms with E-state index in [2.05, 4.69) is 37.0 Å². The minimum absolute atomic E-state index is 0.0385. The molecular weight excluding hydrogens is 410 g/mol. The van der Waals surface area contributed by atoms with Gasteiger partial charge in [0.05, 0.1) is 15.9 Å². The Balaban J connectivity index is 2.25. The molecule has 2 aromatic rings. The molecule has 0 saturated heterocycles. The number of halogens is 4. The van der Waals surface area contributed by atoms with Crippen molar-refractivity contribution in [3.05, 3.63) is 45.2 Å². The summed E-state index contributed by atoms with van der Waals surface area (Å²) < 4.78 is 35.6. The van der Waals surface area contributed by atoms with Gasteiger partial charge in [-0.3, -0.25) is 4.68 Å². The van der Waals surface area contributed by atoms with Gasteiger partial charge in [-0.15, -0.1) is 0 Å². The smallest absolute Gasteiger partial charge is 0.191 e. The fourth-order valence-corrected chi connectivity index (χ4v) is 2.70. The lowest BCUT2D eigenvalue weighted by Crippen LogP contribution is -2.08. The van der Waals surface area contributed by atoms with Gasteiger partial charge < -0.3 is 4.74 Å². The monoisotopic (exact) mass is 422 g/mol. The molecule has 0 fully saturated rings. The third-order valence-corrected chi connectivity index (χ3v) is 4.70. The molecule has 0 saturated carbocycles. The van der Waals surface area contributed by atoms with Crippen molar-refractivity contribution >= 4 is 31.9 Å². The lowest BCUT2D eigenvalue weighted by molar-refractivity contribution is 0.262. The molecule has 3 nitrogen and oxygen atoms in total. The van der Waals surface area contributed by atoms with E-state index in [1.807, 2.05) is 13.8 Å². The normalized spacial score (nSPS) is 11.0. The van der Waals surface area contributed by atoms with Gasteiger partial charge in [-0.05, 0) is 47.5 Å². The molecule has 0 radical (unpaired) electrons. The average molecular weight is 424 g/mol. The lowest BCUT2D eigenvalue weighted by Gasteiger charge is -2.11. The molecule has 0 spiro atoms. The predicted octanol–water partition coefficient (Wildman–Crippen LogP) is 4.73. The van der Waals surface area contributed by atoms with Crippen LogP contribution in [0.15, 0.2) is 16.6 Å². The van der Waals surface area contributed by atoms with Crippen molar-refractivity contribution in [2.75, 3.05) is 0 Å². The van der Waals surface area contributed by atoms with Crippen molar-refractivity contribution < 1.29 is 13.5 Å². The van der Waals surface area contributed by atoms with Crippen molar-refractivity contribution in [3.8, 4) is 5.75 Å². The molecule has 21 heavy (non-hydrogen) atoms. The molecule has 0 amide bonds. The second-order valence-electron chi connectivity index (χ2n) is 4.47. The van der Waals surface area contributed by atoms with Crippen LogP contribution in [0.1, 0.15) is 23.9 Å². The van der Waals surface area contributed by atoms with E-state index in [1.54, 1.807) is 4.68 Å².